The van der Waals surface area contributed by atoms with Gasteiger partial charge in [0.1, 0.15) is 10.6 Å². The van der Waals surface area contributed by atoms with Crippen molar-refractivity contribution in [3.8, 4) is 12.8 Å². The van der Waals surface area contributed by atoms with Gasteiger partial charge in [-0.15, -0.1) is 24.2 Å². The SMILES string of the molecule is C#C.CC(C)C.CCC(C)=C/C(=C\C(Cl)=C(/C)O)c1ccccc1.CCCCCCC(C)C.CCCCNC(=O)c1cc2cc3c(nc2s1)CCCC3. The van der Waals surface area contributed by atoms with E-state index >= 15 is 0 Å². The minimum absolute atomic E-state index is 0.0411. The number of aliphatic hydroxyl groups is 1. The van der Waals surface area contributed by atoms with Gasteiger partial charge in [-0.3, -0.25) is 4.79 Å². The number of fused-ring (bicyclic) bond motifs is 2. The number of carbonyl (C=O) groups excluding carboxylic acids is 1. The summed E-state index contributed by atoms with van der Waals surface area (Å²) in [5.41, 5.74) is 5.98. The zero-order valence-electron chi connectivity index (χ0n) is 34.8. The minimum atomic E-state index is 0.0411. The molecule has 3 aromatic rings. The second kappa shape index (κ2) is 30.0. The molecule has 0 saturated heterocycles. The fourth-order valence-corrected chi connectivity index (χ4v) is 6.17. The van der Waals surface area contributed by atoms with Crippen LogP contribution in [0.2, 0.25) is 0 Å². The molecule has 53 heavy (non-hydrogen) atoms. The van der Waals surface area contributed by atoms with E-state index in [9.17, 15) is 9.90 Å². The van der Waals surface area contributed by atoms with Crippen molar-refractivity contribution in [1.82, 2.24) is 10.3 Å². The third-order valence-corrected chi connectivity index (χ3v) is 9.58. The predicted octanol–water partition coefficient (Wildman–Crippen LogP) is 14.7. The Morgan fingerprint density at radius 1 is 0.925 bits per heavy atom. The van der Waals surface area contributed by atoms with Crippen LogP contribution in [0.15, 0.2) is 71.0 Å². The van der Waals surface area contributed by atoms with Crippen LogP contribution in [0.5, 0.6) is 0 Å². The van der Waals surface area contributed by atoms with Gasteiger partial charge in [0.15, 0.2) is 0 Å². The summed E-state index contributed by atoms with van der Waals surface area (Å²) >= 11 is 7.52. The number of hydrogen-bond donors (Lipinski definition) is 2. The topological polar surface area (TPSA) is 62.2 Å². The van der Waals surface area contributed by atoms with Crippen LogP contribution in [0.4, 0.5) is 0 Å². The van der Waals surface area contributed by atoms with Gasteiger partial charge in [-0.05, 0) is 99.1 Å². The van der Waals surface area contributed by atoms with Crippen molar-refractivity contribution < 1.29 is 9.90 Å². The third-order valence-electron chi connectivity index (χ3n) is 8.16. The van der Waals surface area contributed by atoms with Crippen LogP contribution in [0, 0.1) is 24.7 Å². The highest BCUT2D eigenvalue weighted by Gasteiger charge is 2.16. The van der Waals surface area contributed by atoms with Crippen molar-refractivity contribution in [3.05, 3.63) is 92.7 Å². The van der Waals surface area contributed by atoms with Crippen molar-refractivity contribution in [2.75, 3.05) is 6.54 Å². The van der Waals surface area contributed by atoms with Crippen LogP contribution in [0.25, 0.3) is 15.8 Å². The lowest BCUT2D eigenvalue weighted by Crippen LogP contribution is -2.23. The van der Waals surface area contributed by atoms with E-state index in [1.165, 1.54) is 73.1 Å². The molecule has 1 aliphatic rings. The van der Waals surface area contributed by atoms with Crippen molar-refractivity contribution in [1.29, 1.82) is 0 Å². The molecule has 0 radical (unpaired) electrons. The molecule has 4 rings (SSSR count). The first-order valence-corrected chi connectivity index (χ1v) is 21.1. The summed E-state index contributed by atoms with van der Waals surface area (Å²) < 4.78 is 0. The lowest BCUT2D eigenvalue weighted by atomic mass is 9.96. The van der Waals surface area contributed by atoms with Gasteiger partial charge in [-0.2, -0.15) is 0 Å². The smallest absolute Gasteiger partial charge is 0.261 e. The number of rotatable bonds is 13. The van der Waals surface area contributed by atoms with Gasteiger partial charge in [-0.25, -0.2) is 4.98 Å². The maximum absolute atomic E-state index is 12.1. The molecule has 2 aromatic heterocycles. The first-order chi connectivity index (χ1) is 25.3. The molecule has 6 heteroatoms. The lowest BCUT2D eigenvalue weighted by molar-refractivity contribution is 0.0957. The first-order valence-electron chi connectivity index (χ1n) is 19.9. The molecule has 0 fully saturated rings. The second-order valence-electron chi connectivity index (χ2n) is 14.6. The molecule has 0 spiro atoms. The highest BCUT2D eigenvalue weighted by atomic mass is 35.5. The molecule has 0 bridgehead atoms. The first kappa shape index (κ1) is 49.7. The van der Waals surface area contributed by atoms with Gasteiger partial charge in [0.25, 0.3) is 5.91 Å². The lowest BCUT2D eigenvalue weighted by Gasteiger charge is -2.13. The van der Waals surface area contributed by atoms with Gasteiger partial charge in [0.2, 0.25) is 0 Å². The monoisotopic (exact) mass is 762 g/mol. The average molecular weight is 764 g/mol. The molecule has 1 aromatic carbocycles. The van der Waals surface area contributed by atoms with E-state index in [1.807, 2.05) is 36.4 Å². The van der Waals surface area contributed by atoms with E-state index in [4.69, 9.17) is 16.6 Å². The number of aryl methyl sites for hydroxylation is 2. The minimum Gasteiger partial charge on any atom is -0.511 e. The largest absolute Gasteiger partial charge is 0.511 e. The van der Waals surface area contributed by atoms with Gasteiger partial charge < -0.3 is 10.4 Å². The number of nitrogens with zero attached hydrogens (tertiary/aromatic N) is 1. The number of halogens is 1. The van der Waals surface area contributed by atoms with Crippen LogP contribution in [0.1, 0.15) is 160 Å². The number of hydrogen-bond acceptors (Lipinski definition) is 4. The summed E-state index contributed by atoms with van der Waals surface area (Å²) in [4.78, 5) is 18.6. The van der Waals surface area contributed by atoms with E-state index < -0.39 is 0 Å². The van der Waals surface area contributed by atoms with Gasteiger partial charge in [0, 0.05) is 17.6 Å². The molecule has 294 valence electrons. The molecule has 0 saturated carbocycles. The maximum Gasteiger partial charge on any atom is 0.261 e. The number of amides is 1. The molecule has 4 nitrogen and oxygen atoms in total. The number of thiophene rings is 1. The molecule has 2 N–H and O–H groups in total. The van der Waals surface area contributed by atoms with Crippen molar-refractivity contribution in [2.24, 2.45) is 11.8 Å². The van der Waals surface area contributed by atoms with E-state index in [0.29, 0.717) is 5.03 Å². The maximum atomic E-state index is 12.1. The number of aromatic nitrogens is 1. The van der Waals surface area contributed by atoms with Gasteiger partial charge >= 0.3 is 0 Å². The zero-order chi connectivity index (χ0) is 40.2. The Labute approximate surface area is 333 Å². The molecular formula is C47H71ClN2O2S. The van der Waals surface area contributed by atoms with Crippen LogP contribution in [-0.2, 0) is 12.8 Å². The van der Waals surface area contributed by atoms with E-state index in [1.54, 1.807) is 13.0 Å². The van der Waals surface area contributed by atoms with E-state index in [2.05, 4.69) is 92.6 Å². The highest BCUT2D eigenvalue weighted by Crippen LogP contribution is 2.29. The zero-order valence-corrected chi connectivity index (χ0v) is 36.4. The van der Waals surface area contributed by atoms with Crippen molar-refractivity contribution >= 4 is 44.6 Å². The Bertz CT molecular complexity index is 1500. The molecule has 0 atom stereocenters. The van der Waals surface area contributed by atoms with Crippen LogP contribution in [-0.4, -0.2) is 22.5 Å². The normalized spacial score (nSPS) is 12.8. The Balaban J connectivity index is 0.000000751. The van der Waals surface area contributed by atoms with Gasteiger partial charge in [0.05, 0.1) is 9.91 Å². The Morgan fingerprint density at radius 2 is 1.55 bits per heavy atom. The van der Waals surface area contributed by atoms with E-state index in [0.717, 1.165) is 76.7 Å². The van der Waals surface area contributed by atoms with Crippen LogP contribution < -0.4 is 5.32 Å². The van der Waals surface area contributed by atoms with E-state index in [-0.39, 0.29) is 11.7 Å². The Kier molecular flexibility index (Phi) is 28.2. The number of nitrogens with one attached hydrogen (secondary N) is 1. The number of aliphatic hydroxyl groups excluding tert-OH is 1. The Hall–Kier alpha value is -3.33. The highest BCUT2D eigenvalue weighted by molar-refractivity contribution is 7.20. The van der Waals surface area contributed by atoms with Gasteiger partial charge in [-0.1, -0.05) is 147 Å². The number of unbranched alkanes of at least 4 members (excludes halogenated alkanes) is 4. The summed E-state index contributed by atoms with van der Waals surface area (Å²) in [6, 6.07) is 14.2. The average Bonchev–Trinajstić information content (AvgIpc) is 3.56. The molecule has 0 aliphatic heterocycles. The number of terminal acetylenes is 1. The third kappa shape index (κ3) is 22.5. The molecule has 1 aliphatic carbocycles. The molecule has 1 amide bonds. The summed E-state index contributed by atoms with van der Waals surface area (Å²) in [6.45, 7) is 22.0. The van der Waals surface area contributed by atoms with Crippen LogP contribution >= 0.6 is 22.9 Å². The number of allylic oxidation sites excluding steroid dienone is 6. The summed E-state index contributed by atoms with van der Waals surface area (Å²) in [7, 11) is 0. The molecule has 2 heterocycles. The molecular weight excluding hydrogens is 692 g/mol. The fourth-order valence-electron chi connectivity index (χ4n) is 5.10. The summed E-state index contributed by atoms with van der Waals surface area (Å²) in [5.74, 6) is 1.91. The quantitative estimate of drug-likeness (QED) is 0.0789. The second-order valence-corrected chi connectivity index (χ2v) is 16.1. The summed E-state index contributed by atoms with van der Waals surface area (Å²) in [6.07, 6.45) is 26.8. The Morgan fingerprint density at radius 3 is 2.11 bits per heavy atom. The number of benzene rings is 1. The van der Waals surface area contributed by atoms with Crippen molar-refractivity contribution in [3.63, 3.8) is 0 Å². The standard InChI is InChI=1S/C16H19ClO.C16H20N2OS.C9H20.C4H10.C2H2/c1-4-12(2)10-15(11-16(17)13(3)18)14-8-6-5-7-9-14;1-2-3-8-17-15(19)14-10-12-9-11-6-4-5-7-13(11)18-16(12)20-14;1-4-5-6-7-8-9(2)3;1-4(2)3;1-2/h5-11,18H,4H2,1-3H3;9-10H,2-8H2,1H3,(H,17,19);9H,4-8H2,1-3H3;4H,1-3H3;1-2H/b12-10?,15-11+,16-13-;;;;. The fraction of sp³-hybridized carbons (Fsp3) is 0.532. The predicted molar refractivity (Wildman–Crippen MR) is 237 cm³/mol. The number of carbonyl (C=O) groups is 1. The van der Waals surface area contributed by atoms with Crippen molar-refractivity contribution in [2.45, 2.75) is 146 Å². The summed E-state index contributed by atoms with van der Waals surface area (Å²) in [5, 5.41) is 13.9. The van der Waals surface area contributed by atoms with Crippen LogP contribution in [0.3, 0.4) is 0 Å². The molecule has 0 unspecified atom stereocenters. The number of pyridine rings is 1.